The number of carbonyl (C=O) groups is 1. The van der Waals surface area contributed by atoms with Crippen molar-refractivity contribution in [1.29, 1.82) is 0 Å². The van der Waals surface area contributed by atoms with Gasteiger partial charge in [0, 0.05) is 4.88 Å². The molecule has 3 nitrogen and oxygen atoms in total. The number of aryl methyl sites for hydroxylation is 1. The van der Waals surface area contributed by atoms with Gasteiger partial charge in [0.25, 0.3) is 0 Å². The van der Waals surface area contributed by atoms with Gasteiger partial charge in [-0.05, 0) is 71.5 Å². The minimum absolute atomic E-state index is 0.195. The normalized spacial score (nSPS) is 17.8. The van der Waals surface area contributed by atoms with E-state index in [4.69, 9.17) is 0 Å². The molecule has 1 fully saturated rings. The van der Waals surface area contributed by atoms with Gasteiger partial charge in [-0.3, -0.25) is 9.69 Å². The smallest absolute Gasteiger partial charge is 0.306 e. The van der Waals surface area contributed by atoms with E-state index >= 15 is 0 Å². The number of nitrogens with zero attached hydrogens (tertiary/aromatic N) is 1. The van der Waals surface area contributed by atoms with Crippen LogP contribution in [-0.4, -0.2) is 29.1 Å². The number of thiophene rings is 1. The van der Waals surface area contributed by atoms with E-state index in [0.717, 1.165) is 36.1 Å². The first-order valence-electron chi connectivity index (χ1n) is 8.39. The highest BCUT2D eigenvalue weighted by Crippen LogP contribution is 2.37. The summed E-state index contributed by atoms with van der Waals surface area (Å²) in [6.07, 6.45) is 2.50. The lowest BCUT2D eigenvalue weighted by atomic mass is 9.93. The summed E-state index contributed by atoms with van der Waals surface area (Å²) in [4.78, 5) is 15.0. The molecule has 0 amide bonds. The highest BCUT2D eigenvalue weighted by molar-refractivity contribution is 9.11. The number of carboxylic acids is 1. The van der Waals surface area contributed by atoms with Gasteiger partial charge in [0.2, 0.25) is 0 Å². The Bertz CT molecular complexity index is 690. The van der Waals surface area contributed by atoms with Crippen LogP contribution in [0.5, 0.6) is 0 Å². The Morgan fingerprint density at radius 3 is 2.42 bits per heavy atom. The molecule has 1 saturated heterocycles. The fraction of sp³-hybridized carbons (Fsp3) is 0.421. The molecule has 5 heteroatoms. The summed E-state index contributed by atoms with van der Waals surface area (Å²) in [6, 6.07) is 13.3. The molecule has 1 atom stereocenters. The third kappa shape index (κ3) is 3.90. The average molecular weight is 408 g/mol. The van der Waals surface area contributed by atoms with Gasteiger partial charge in [-0.25, -0.2) is 0 Å². The van der Waals surface area contributed by atoms with E-state index in [9.17, 15) is 9.90 Å². The Morgan fingerprint density at radius 2 is 1.92 bits per heavy atom. The SMILES string of the molecule is CCc1ccc(C(c2ccc(Br)s2)N2CCC(C(=O)O)CC2)cc1. The van der Waals surface area contributed by atoms with Crippen LogP contribution in [0.3, 0.4) is 0 Å². The average Bonchev–Trinajstić information content (AvgIpc) is 3.02. The minimum atomic E-state index is -0.655. The predicted molar refractivity (Wildman–Crippen MR) is 102 cm³/mol. The van der Waals surface area contributed by atoms with Crippen molar-refractivity contribution >= 4 is 33.2 Å². The van der Waals surface area contributed by atoms with Crippen LogP contribution in [-0.2, 0) is 11.2 Å². The summed E-state index contributed by atoms with van der Waals surface area (Å²) in [7, 11) is 0. The third-order valence-electron chi connectivity index (χ3n) is 4.81. The van der Waals surface area contributed by atoms with Crippen molar-refractivity contribution in [3.63, 3.8) is 0 Å². The summed E-state index contributed by atoms with van der Waals surface area (Å²) in [5.74, 6) is -0.850. The van der Waals surface area contributed by atoms with E-state index in [1.165, 1.54) is 16.0 Å². The lowest BCUT2D eigenvalue weighted by Crippen LogP contribution is -2.39. The van der Waals surface area contributed by atoms with Crippen LogP contribution < -0.4 is 0 Å². The number of hydrogen-bond acceptors (Lipinski definition) is 3. The number of piperidine rings is 1. The zero-order valence-corrected chi connectivity index (χ0v) is 16.1. The lowest BCUT2D eigenvalue weighted by molar-refractivity contribution is -0.143. The fourth-order valence-corrected chi connectivity index (χ4v) is 4.96. The quantitative estimate of drug-likeness (QED) is 0.761. The predicted octanol–water partition coefficient (Wildman–Crippen LogP) is 4.96. The second kappa shape index (κ2) is 7.81. The molecular formula is C19H22BrNO2S. The Hall–Kier alpha value is -1.17. The first-order chi connectivity index (χ1) is 11.6. The highest BCUT2D eigenvalue weighted by Gasteiger charge is 2.30. The molecule has 1 aromatic heterocycles. The van der Waals surface area contributed by atoms with Gasteiger partial charge in [-0.2, -0.15) is 0 Å². The largest absolute Gasteiger partial charge is 0.481 e. The first-order valence-corrected chi connectivity index (χ1v) is 10.0. The van der Waals surface area contributed by atoms with Crippen molar-refractivity contribution in [3.05, 3.63) is 56.2 Å². The Kier molecular flexibility index (Phi) is 5.74. The second-order valence-electron chi connectivity index (χ2n) is 6.29. The monoisotopic (exact) mass is 407 g/mol. The van der Waals surface area contributed by atoms with Crippen LogP contribution >= 0.6 is 27.3 Å². The fourth-order valence-electron chi connectivity index (χ4n) is 3.37. The topological polar surface area (TPSA) is 40.5 Å². The lowest BCUT2D eigenvalue weighted by Gasteiger charge is -2.36. The molecule has 24 heavy (non-hydrogen) atoms. The van der Waals surface area contributed by atoms with Gasteiger partial charge < -0.3 is 5.11 Å². The van der Waals surface area contributed by atoms with Crippen LogP contribution in [0, 0.1) is 5.92 Å². The molecule has 0 radical (unpaired) electrons. The summed E-state index contributed by atoms with van der Waals surface area (Å²) in [5.41, 5.74) is 2.63. The van der Waals surface area contributed by atoms with E-state index in [1.807, 2.05) is 0 Å². The molecule has 1 N–H and O–H groups in total. The van der Waals surface area contributed by atoms with Gasteiger partial charge in [-0.15, -0.1) is 11.3 Å². The molecule has 2 heterocycles. The van der Waals surface area contributed by atoms with Crippen molar-refractivity contribution in [2.24, 2.45) is 5.92 Å². The number of halogens is 1. The van der Waals surface area contributed by atoms with E-state index in [1.54, 1.807) is 11.3 Å². The molecule has 3 rings (SSSR count). The van der Waals surface area contributed by atoms with Crippen molar-refractivity contribution < 1.29 is 9.90 Å². The number of benzene rings is 1. The van der Waals surface area contributed by atoms with Crippen LogP contribution in [0.2, 0.25) is 0 Å². The van der Waals surface area contributed by atoms with Crippen molar-refractivity contribution in [2.75, 3.05) is 13.1 Å². The van der Waals surface area contributed by atoms with Crippen molar-refractivity contribution in [3.8, 4) is 0 Å². The van der Waals surface area contributed by atoms with Crippen LogP contribution in [0.1, 0.15) is 41.8 Å². The summed E-state index contributed by atoms with van der Waals surface area (Å²) in [5, 5.41) is 9.24. The minimum Gasteiger partial charge on any atom is -0.481 e. The van der Waals surface area contributed by atoms with E-state index in [-0.39, 0.29) is 12.0 Å². The number of likely N-dealkylation sites (tertiary alicyclic amines) is 1. The summed E-state index contributed by atoms with van der Waals surface area (Å²) >= 11 is 5.33. The number of carboxylic acid groups (broad SMARTS) is 1. The van der Waals surface area contributed by atoms with Crippen molar-refractivity contribution in [2.45, 2.75) is 32.2 Å². The second-order valence-corrected chi connectivity index (χ2v) is 8.78. The summed E-state index contributed by atoms with van der Waals surface area (Å²) in [6.45, 7) is 3.82. The molecule has 0 aliphatic carbocycles. The van der Waals surface area contributed by atoms with Gasteiger partial charge in [0.1, 0.15) is 0 Å². The molecule has 0 spiro atoms. The van der Waals surface area contributed by atoms with Gasteiger partial charge in [-0.1, -0.05) is 31.2 Å². The van der Waals surface area contributed by atoms with Crippen LogP contribution in [0.15, 0.2) is 40.2 Å². The number of aliphatic carboxylic acids is 1. The Morgan fingerprint density at radius 1 is 1.25 bits per heavy atom. The van der Waals surface area contributed by atoms with Crippen LogP contribution in [0.4, 0.5) is 0 Å². The van der Waals surface area contributed by atoms with Gasteiger partial charge in [0.05, 0.1) is 15.7 Å². The molecule has 1 aliphatic rings. The first kappa shape index (κ1) is 17.6. The number of hydrogen-bond donors (Lipinski definition) is 1. The maximum absolute atomic E-state index is 11.2. The molecule has 0 bridgehead atoms. The molecular weight excluding hydrogens is 386 g/mol. The zero-order valence-electron chi connectivity index (χ0n) is 13.7. The molecule has 1 unspecified atom stereocenters. The molecule has 1 aromatic carbocycles. The van der Waals surface area contributed by atoms with E-state index in [2.05, 4.69) is 64.2 Å². The van der Waals surface area contributed by atoms with Crippen molar-refractivity contribution in [1.82, 2.24) is 4.90 Å². The standard InChI is InChI=1S/C19H22BrNO2S/c1-2-13-3-5-14(6-4-13)18(16-7-8-17(20)24-16)21-11-9-15(10-12-21)19(22)23/h3-8,15,18H,2,9-12H2,1H3,(H,22,23). The zero-order chi connectivity index (χ0) is 17.1. The van der Waals surface area contributed by atoms with E-state index in [0.29, 0.717) is 0 Å². The molecule has 2 aromatic rings. The summed E-state index contributed by atoms with van der Waals surface area (Å²) < 4.78 is 1.13. The van der Waals surface area contributed by atoms with Gasteiger partial charge >= 0.3 is 5.97 Å². The van der Waals surface area contributed by atoms with E-state index < -0.39 is 5.97 Å². The third-order valence-corrected chi connectivity index (χ3v) is 6.49. The van der Waals surface area contributed by atoms with Gasteiger partial charge in [0.15, 0.2) is 0 Å². The highest BCUT2D eigenvalue weighted by atomic mass is 79.9. The molecule has 0 saturated carbocycles. The maximum atomic E-state index is 11.2. The molecule has 1 aliphatic heterocycles. The molecule has 128 valence electrons. The van der Waals surface area contributed by atoms with Crippen LogP contribution in [0.25, 0.3) is 0 Å². The Balaban J connectivity index is 1.86. The Labute approximate surface area is 155 Å². The number of rotatable bonds is 5. The maximum Gasteiger partial charge on any atom is 0.306 e.